The summed E-state index contributed by atoms with van der Waals surface area (Å²) in [6, 6.07) is 7.72. The van der Waals surface area contributed by atoms with Crippen LogP contribution in [-0.4, -0.2) is 62.7 Å². The molecule has 5 heterocycles. The first-order chi connectivity index (χ1) is 18.5. The Hall–Kier alpha value is -3.24. The molecule has 3 aliphatic rings. The molecule has 0 bridgehead atoms. The lowest BCUT2D eigenvalue weighted by molar-refractivity contribution is -0.0366. The molecule has 4 aromatic rings. The highest BCUT2D eigenvalue weighted by molar-refractivity contribution is 6.02. The highest BCUT2D eigenvalue weighted by Gasteiger charge is 2.49. The maximum atomic E-state index is 15.0. The van der Waals surface area contributed by atoms with Crippen LogP contribution in [-0.2, 0) is 4.74 Å². The predicted octanol–water partition coefficient (Wildman–Crippen LogP) is 5.58. The van der Waals surface area contributed by atoms with E-state index in [-0.39, 0.29) is 29.7 Å². The fourth-order valence-electron chi connectivity index (χ4n) is 6.48. The lowest BCUT2D eigenvalue weighted by Crippen LogP contribution is -2.43. The molecule has 0 radical (unpaired) electrons. The monoisotopic (exact) mass is 523 g/mol. The zero-order valence-corrected chi connectivity index (χ0v) is 20.9. The summed E-state index contributed by atoms with van der Waals surface area (Å²) < 4.78 is 57.5. The molecule has 3 saturated heterocycles. The summed E-state index contributed by atoms with van der Waals surface area (Å²) in [6.45, 7) is 2.13. The average molecular weight is 524 g/mol. The molecule has 0 N–H and O–H groups in total. The number of alkyl halides is 1. The maximum absolute atomic E-state index is 15.0. The Bertz CT molecular complexity index is 1520. The lowest BCUT2D eigenvalue weighted by Gasteiger charge is -2.30. The first-order valence-electron chi connectivity index (χ1n) is 13.3. The van der Waals surface area contributed by atoms with Crippen molar-refractivity contribution in [3.05, 3.63) is 48.2 Å². The average Bonchev–Trinajstić information content (AvgIpc) is 3.60. The third-order valence-corrected chi connectivity index (χ3v) is 8.25. The Labute approximate surface area is 217 Å². The molecule has 3 atom stereocenters. The van der Waals surface area contributed by atoms with Crippen molar-refractivity contribution >= 4 is 21.8 Å². The number of rotatable bonds is 5. The van der Waals surface area contributed by atoms with Crippen molar-refractivity contribution in [2.45, 2.75) is 56.5 Å². The van der Waals surface area contributed by atoms with E-state index >= 15 is 4.39 Å². The number of fused-ring (bicyclic) bond motifs is 3. The zero-order valence-electron chi connectivity index (χ0n) is 20.9. The van der Waals surface area contributed by atoms with Gasteiger partial charge >= 0.3 is 6.01 Å². The first-order valence-corrected chi connectivity index (χ1v) is 13.3. The molecule has 198 valence electrons. The van der Waals surface area contributed by atoms with Gasteiger partial charge in [-0.1, -0.05) is 12.1 Å². The molecule has 0 saturated carbocycles. The van der Waals surface area contributed by atoms with Crippen LogP contribution >= 0.6 is 0 Å². The molecule has 38 heavy (non-hydrogen) atoms. The highest BCUT2D eigenvalue weighted by Crippen LogP contribution is 2.41. The van der Waals surface area contributed by atoms with Crippen molar-refractivity contribution in [3.8, 4) is 17.3 Å². The van der Waals surface area contributed by atoms with Gasteiger partial charge < -0.3 is 9.47 Å². The van der Waals surface area contributed by atoms with Gasteiger partial charge in [0.2, 0.25) is 0 Å². The van der Waals surface area contributed by atoms with E-state index in [1.54, 1.807) is 6.20 Å². The molecule has 2 aromatic heterocycles. The SMILES string of the molecule is Fc1cc(F)c2nc(OC[C@@]34CCCN3C[C@H](F)C4)nc(-c3cccc4c3cnn4C3CCCCO3)c2c1. The predicted molar refractivity (Wildman–Crippen MR) is 136 cm³/mol. The highest BCUT2D eigenvalue weighted by atomic mass is 19.1. The second kappa shape index (κ2) is 9.20. The van der Waals surface area contributed by atoms with Crippen LogP contribution in [0.25, 0.3) is 33.1 Å². The van der Waals surface area contributed by atoms with E-state index in [0.717, 1.165) is 55.6 Å². The standard InChI is InChI=1S/C28H28F3N5O2/c29-17-11-20-25(19-5-3-6-23-21(19)14-32-36(23)24-7-1-2-10-37-24)33-27(34-26(20)22(31)12-17)38-16-28-8-4-9-35(28)15-18(30)13-28/h3,5-6,11-12,14,18,24H,1-2,4,7-10,13,15-16H2/t18-,24?,28+/m1/s1. The van der Waals surface area contributed by atoms with E-state index < -0.39 is 23.3 Å². The number of ether oxygens (including phenoxy) is 2. The van der Waals surface area contributed by atoms with Gasteiger partial charge in [-0.05, 0) is 50.8 Å². The van der Waals surface area contributed by atoms with Crippen LogP contribution in [0.2, 0.25) is 0 Å². The molecule has 0 amide bonds. The number of hydrogen-bond donors (Lipinski definition) is 0. The minimum Gasteiger partial charge on any atom is -0.461 e. The molecule has 1 unspecified atom stereocenters. The van der Waals surface area contributed by atoms with Crippen molar-refractivity contribution < 1.29 is 22.6 Å². The molecular formula is C28H28F3N5O2. The van der Waals surface area contributed by atoms with Gasteiger partial charge in [0, 0.05) is 42.0 Å². The van der Waals surface area contributed by atoms with Crippen LogP contribution in [0.4, 0.5) is 13.2 Å². The third-order valence-electron chi connectivity index (χ3n) is 8.25. The van der Waals surface area contributed by atoms with Gasteiger partial charge in [0.1, 0.15) is 24.1 Å². The number of halogens is 3. The Morgan fingerprint density at radius 2 is 2.03 bits per heavy atom. The molecule has 10 heteroatoms. The van der Waals surface area contributed by atoms with Gasteiger partial charge in [0.15, 0.2) is 12.0 Å². The summed E-state index contributed by atoms with van der Waals surface area (Å²) in [5, 5.41) is 5.63. The quantitative estimate of drug-likeness (QED) is 0.340. The molecule has 7 rings (SSSR count). The van der Waals surface area contributed by atoms with Crippen LogP contribution in [0.5, 0.6) is 6.01 Å². The summed E-state index contributed by atoms with van der Waals surface area (Å²) in [7, 11) is 0. The Morgan fingerprint density at radius 3 is 2.89 bits per heavy atom. The van der Waals surface area contributed by atoms with Crippen molar-refractivity contribution in [2.24, 2.45) is 0 Å². The maximum Gasteiger partial charge on any atom is 0.317 e. The van der Waals surface area contributed by atoms with E-state index in [1.165, 1.54) is 6.07 Å². The van der Waals surface area contributed by atoms with Gasteiger partial charge in [-0.2, -0.15) is 15.1 Å². The van der Waals surface area contributed by atoms with Crippen LogP contribution in [0.3, 0.4) is 0 Å². The zero-order chi connectivity index (χ0) is 25.9. The van der Waals surface area contributed by atoms with Crippen molar-refractivity contribution in [1.82, 2.24) is 24.6 Å². The molecule has 2 aromatic carbocycles. The normalized spacial score (nSPS) is 25.9. The van der Waals surface area contributed by atoms with E-state index in [0.29, 0.717) is 30.8 Å². The summed E-state index contributed by atoms with van der Waals surface area (Å²) in [6.07, 6.45) is 5.84. The minimum atomic E-state index is -0.894. The number of benzene rings is 2. The summed E-state index contributed by atoms with van der Waals surface area (Å²) in [5.74, 6) is -1.51. The van der Waals surface area contributed by atoms with E-state index in [1.807, 2.05) is 22.9 Å². The molecule has 0 spiro atoms. The lowest BCUT2D eigenvalue weighted by atomic mass is 9.95. The number of nitrogens with zero attached hydrogens (tertiary/aromatic N) is 5. The van der Waals surface area contributed by atoms with Crippen molar-refractivity contribution in [1.29, 1.82) is 0 Å². The Kier molecular flexibility index (Phi) is 5.77. The summed E-state index contributed by atoms with van der Waals surface area (Å²) in [4.78, 5) is 11.1. The van der Waals surface area contributed by atoms with Gasteiger partial charge in [0.05, 0.1) is 22.9 Å². The van der Waals surface area contributed by atoms with Crippen molar-refractivity contribution in [2.75, 3.05) is 26.3 Å². The number of hydrogen-bond acceptors (Lipinski definition) is 6. The summed E-state index contributed by atoms with van der Waals surface area (Å²) in [5.41, 5.74) is 1.44. The second-order valence-corrected chi connectivity index (χ2v) is 10.7. The topological polar surface area (TPSA) is 65.3 Å². The van der Waals surface area contributed by atoms with Gasteiger partial charge in [-0.3, -0.25) is 4.90 Å². The van der Waals surface area contributed by atoms with Crippen molar-refractivity contribution in [3.63, 3.8) is 0 Å². The van der Waals surface area contributed by atoms with Gasteiger partial charge in [-0.15, -0.1) is 0 Å². The second-order valence-electron chi connectivity index (χ2n) is 10.7. The van der Waals surface area contributed by atoms with E-state index in [4.69, 9.17) is 9.47 Å². The first kappa shape index (κ1) is 23.8. The van der Waals surface area contributed by atoms with Gasteiger partial charge in [-0.25, -0.2) is 17.9 Å². The van der Waals surface area contributed by atoms with Crippen LogP contribution in [0.1, 0.15) is 44.8 Å². The molecule has 3 fully saturated rings. The number of aromatic nitrogens is 4. The Morgan fingerprint density at radius 1 is 1.11 bits per heavy atom. The summed E-state index contributed by atoms with van der Waals surface area (Å²) >= 11 is 0. The van der Waals surface area contributed by atoms with E-state index in [9.17, 15) is 8.78 Å². The fourth-order valence-corrected chi connectivity index (χ4v) is 6.48. The largest absolute Gasteiger partial charge is 0.461 e. The molecule has 0 aliphatic carbocycles. The van der Waals surface area contributed by atoms with Crippen LogP contribution < -0.4 is 4.74 Å². The van der Waals surface area contributed by atoms with Gasteiger partial charge in [0.25, 0.3) is 0 Å². The molecular weight excluding hydrogens is 495 g/mol. The smallest absolute Gasteiger partial charge is 0.317 e. The molecule has 3 aliphatic heterocycles. The van der Waals surface area contributed by atoms with Crippen LogP contribution in [0, 0.1) is 11.6 Å². The van der Waals surface area contributed by atoms with E-state index in [2.05, 4.69) is 20.0 Å². The fraction of sp³-hybridized carbons (Fsp3) is 0.464. The molecule has 7 nitrogen and oxygen atoms in total. The Balaban J connectivity index is 1.32. The van der Waals surface area contributed by atoms with Crippen LogP contribution in [0.15, 0.2) is 36.5 Å². The minimum absolute atomic E-state index is 0.0125. The third kappa shape index (κ3) is 3.92.